The van der Waals surface area contributed by atoms with Crippen molar-refractivity contribution in [2.24, 2.45) is 0 Å². The van der Waals surface area contributed by atoms with Crippen molar-refractivity contribution in [1.29, 1.82) is 0 Å². The molecule has 1 aliphatic heterocycles. The number of nitrogens with one attached hydrogen (secondary N) is 1. The number of para-hydroxylation sites is 1. The Kier molecular flexibility index (Phi) is 7.91. The van der Waals surface area contributed by atoms with Gasteiger partial charge < -0.3 is 5.32 Å². The maximum absolute atomic E-state index is 13.8. The van der Waals surface area contributed by atoms with E-state index in [0.717, 1.165) is 38.6 Å². The Morgan fingerprint density at radius 2 is 1.93 bits per heavy atom. The summed E-state index contributed by atoms with van der Waals surface area (Å²) in [5.74, 6) is 0.338. The molecule has 5 aromatic rings. The fourth-order valence-electron chi connectivity index (χ4n) is 4.91. The fourth-order valence-corrected chi connectivity index (χ4v) is 7.02. The van der Waals surface area contributed by atoms with Crippen LogP contribution in [0, 0.1) is 6.92 Å². The number of thiophene rings is 1. The molecule has 0 aliphatic carbocycles. The first kappa shape index (κ1) is 27.3. The summed E-state index contributed by atoms with van der Waals surface area (Å²) in [5.41, 5.74) is 5.22. The van der Waals surface area contributed by atoms with Crippen LogP contribution in [-0.2, 0) is 16.1 Å². The van der Waals surface area contributed by atoms with Crippen molar-refractivity contribution in [2.75, 3.05) is 17.2 Å². The second kappa shape index (κ2) is 11.9. The topological polar surface area (TPSA) is 80.1 Å². The number of carbonyl (C=O) groups is 2. The van der Waals surface area contributed by atoms with E-state index in [-0.39, 0.29) is 35.9 Å². The van der Waals surface area contributed by atoms with Gasteiger partial charge in [0.15, 0.2) is 0 Å². The zero-order valence-electron chi connectivity index (χ0n) is 22.2. The standard InChI is InChI=1S/C31H26ClN5O2S2/c1-20-8-2-3-12-24(20)37-31-28(29(35-37)25-13-7-15-40-25)30(21-9-6-10-22(32)16-21)41-19-27(39)36(31)18-26(38)34-17-23-11-4-5-14-33-23/h2-16,30H,17-19H2,1H3,(H,34,38)/t30-/m1/s1. The van der Waals surface area contributed by atoms with Gasteiger partial charge in [-0.15, -0.1) is 23.1 Å². The number of anilines is 1. The summed E-state index contributed by atoms with van der Waals surface area (Å²) in [4.78, 5) is 34.0. The summed E-state index contributed by atoms with van der Waals surface area (Å²) >= 11 is 9.55. The number of rotatable bonds is 7. The molecule has 0 saturated carbocycles. The van der Waals surface area contributed by atoms with Crippen molar-refractivity contribution >= 4 is 52.3 Å². The molecule has 2 aromatic carbocycles. The van der Waals surface area contributed by atoms with Gasteiger partial charge in [0.25, 0.3) is 0 Å². The van der Waals surface area contributed by atoms with E-state index in [9.17, 15) is 9.59 Å². The van der Waals surface area contributed by atoms with Gasteiger partial charge in [-0.25, -0.2) is 4.68 Å². The second-order valence-electron chi connectivity index (χ2n) is 9.59. The van der Waals surface area contributed by atoms with E-state index in [1.54, 1.807) is 22.4 Å². The van der Waals surface area contributed by atoms with Crippen molar-refractivity contribution in [2.45, 2.75) is 18.7 Å². The van der Waals surface area contributed by atoms with Gasteiger partial charge in [-0.05, 0) is 59.8 Å². The maximum atomic E-state index is 13.8. The van der Waals surface area contributed by atoms with Crippen molar-refractivity contribution < 1.29 is 9.59 Å². The molecule has 1 N–H and O–H groups in total. The first-order chi connectivity index (χ1) is 20.0. The van der Waals surface area contributed by atoms with Gasteiger partial charge in [-0.2, -0.15) is 5.10 Å². The minimum atomic E-state index is -0.281. The SMILES string of the molecule is Cc1ccccc1-n1nc(-c2cccs2)c2c1N(CC(=O)NCc1ccccn1)C(=O)CS[C@@H]2c1cccc(Cl)c1. The number of nitrogens with zero attached hydrogens (tertiary/aromatic N) is 4. The predicted molar refractivity (Wildman–Crippen MR) is 166 cm³/mol. The van der Waals surface area contributed by atoms with Gasteiger partial charge in [-0.3, -0.25) is 19.5 Å². The molecule has 206 valence electrons. The highest BCUT2D eigenvalue weighted by Crippen LogP contribution is 2.49. The Balaban J connectivity index is 1.51. The summed E-state index contributed by atoms with van der Waals surface area (Å²) in [7, 11) is 0. The number of carbonyl (C=O) groups excluding carboxylic acids is 2. The Labute approximate surface area is 251 Å². The highest BCUT2D eigenvalue weighted by atomic mass is 35.5. The van der Waals surface area contributed by atoms with Crippen LogP contribution in [0.4, 0.5) is 5.82 Å². The van der Waals surface area contributed by atoms with Gasteiger partial charge >= 0.3 is 0 Å². The van der Waals surface area contributed by atoms with E-state index in [2.05, 4.69) is 10.3 Å². The van der Waals surface area contributed by atoms with Crippen LogP contribution in [0.1, 0.15) is 27.6 Å². The summed E-state index contributed by atoms with van der Waals surface area (Å²) < 4.78 is 1.83. The summed E-state index contributed by atoms with van der Waals surface area (Å²) in [6, 6.07) is 25.2. The van der Waals surface area contributed by atoms with E-state index in [1.165, 1.54) is 11.8 Å². The quantitative estimate of drug-likeness (QED) is 0.233. The van der Waals surface area contributed by atoms with E-state index in [1.807, 2.05) is 95.8 Å². The molecule has 7 nitrogen and oxygen atoms in total. The molecule has 1 aliphatic rings. The highest BCUT2D eigenvalue weighted by molar-refractivity contribution is 8.00. The van der Waals surface area contributed by atoms with Crippen molar-refractivity contribution in [1.82, 2.24) is 20.1 Å². The van der Waals surface area contributed by atoms with Crippen LogP contribution >= 0.6 is 34.7 Å². The molecule has 3 aromatic heterocycles. The largest absolute Gasteiger partial charge is 0.349 e. The highest BCUT2D eigenvalue weighted by Gasteiger charge is 2.38. The molecule has 4 heterocycles. The number of hydrogen-bond donors (Lipinski definition) is 1. The Bertz CT molecular complexity index is 1710. The molecule has 10 heteroatoms. The third-order valence-electron chi connectivity index (χ3n) is 6.83. The summed E-state index contributed by atoms with van der Waals surface area (Å²) in [6.07, 6.45) is 1.69. The number of thioether (sulfide) groups is 1. The van der Waals surface area contributed by atoms with Crippen molar-refractivity contribution in [3.05, 3.63) is 118 Å². The average Bonchev–Trinajstić information content (AvgIpc) is 3.62. The first-order valence-electron chi connectivity index (χ1n) is 13.1. The molecule has 1 atom stereocenters. The lowest BCUT2D eigenvalue weighted by molar-refractivity contribution is -0.123. The zero-order chi connectivity index (χ0) is 28.3. The molecule has 0 bridgehead atoms. The predicted octanol–water partition coefficient (Wildman–Crippen LogP) is 6.44. The Hall–Kier alpha value is -3.92. The number of aryl methyl sites for hydroxylation is 1. The van der Waals surface area contributed by atoms with Crippen LogP contribution in [0.3, 0.4) is 0 Å². The second-order valence-corrected chi connectivity index (χ2v) is 12.1. The van der Waals surface area contributed by atoms with Crippen LogP contribution in [0.15, 0.2) is 90.4 Å². The number of pyridine rings is 1. The van der Waals surface area contributed by atoms with Crippen LogP contribution in [-0.4, -0.2) is 38.9 Å². The monoisotopic (exact) mass is 599 g/mol. The molecule has 0 unspecified atom stereocenters. The summed E-state index contributed by atoms with van der Waals surface area (Å²) in [6.45, 7) is 2.13. The lowest BCUT2D eigenvalue weighted by Crippen LogP contribution is -2.42. The number of amides is 2. The first-order valence-corrected chi connectivity index (χ1v) is 15.4. The summed E-state index contributed by atoms with van der Waals surface area (Å²) in [5, 5.41) is 10.5. The van der Waals surface area contributed by atoms with Gasteiger partial charge in [0.2, 0.25) is 11.8 Å². The number of aromatic nitrogens is 3. The molecule has 0 radical (unpaired) electrons. The van der Waals surface area contributed by atoms with Gasteiger partial charge in [0, 0.05) is 16.8 Å². The van der Waals surface area contributed by atoms with E-state index >= 15 is 0 Å². The smallest absolute Gasteiger partial charge is 0.240 e. The third-order valence-corrected chi connectivity index (χ3v) is 9.20. The lowest BCUT2D eigenvalue weighted by Gasteiger charge is -2.23. The number of halogens is 1. The minimum absolute atomic E-state index is 0.150. The minimum Gasteiger partial charge on any atom is -0.349 e. The maximum Gasteiger partial charge on any atom is 0.240 e. The molecular weight excluding hydrogens is 574 g/mol. The molecule has 0 saturated heterocycles. The number of fused-ring (bicyclic) bond motifs is 1. The Morgan fingerprint density at radius 3 is 2.68 bits per heavy atom. The van der Waals surface area contributed by atoms with Crippen LogP contribution in [0.5, 0.6) is 0 Å². The van der Waals surface area contributed by atoms with Gasteiger partial charge in [0.1, 0.15) is 18.1 Å². The fraction of sp³-hybridized carbons (Fsp3) is 0.161. The van der Waals surface area contributed by atoms with E-state index < -0.39 is 0 Å². The van der Waals surface area contributed by atoms with Gasteiger partial charge in [0.05, 0.1) is 33.8 Å². The van der Waals surface area contributed by atoms with E-state index in [0.29, 0.717) is 10.8 Å². The van der Waals surface area contributed by atoms with Crippen LogP contribution in [0.2, 0.25) is 5.02 Å². The molecule has 0 fully saturated rings. The van der Waals surface area contributed by atoms with E-state index in [4.69, 9.17) is 16.7 Å². The third kappa shape index (κ3) is 5.66. The van der Waals surface area contributed by atoms with Gasteiger partial charge in [-0.1, -0.05) is 54.1 Å². The average molecular weight is 600 g/mol. The molecular formula is C31H26ClN5O2S2. The van der Waals surface area contributed by atoms with Crippen LogP contribution < -0.4 is 10.2 Å². The number of hydrogen-bond acceptors (Lipinski definition) is 6. The normalized spacial score (nSPS) is 14.9. The van der Waals surface area contributed by atoms with Crippen LogP contribution in [0.25, 0.3) is 16.3 Å². The van der Waals surface area contributed by atoms with Crippen molar-refractivity contribution in [3.63, 3.8) is 0 Å². The number of benzene rings is 2. The molecule has 6 rings (SSSR count). The zero-order valence-corrected chi connectivity index (χ0v) is 24.5. The molecule has 2 amide bonds. The Morgan fingerprint density at radius 1 is 1.07 bits per heavy atom. The molecule has 0 spiro atoms. The lowest BCUT2D eigenvalue weighted by atomic mass is 10.0. The van der Waals surface area contributed by atoms with Crippen molar-refractivity contribution in [3.8, 4) is 16.3 Å². The molecule has 41 heavy (non-hydrogen) atoms.